The molecule has 1 amide bonds. The van der Waals surface area contributed by atoms with Gasteiger partial charge < -0.3 is 10.1 Å². The van der Waals surface area contributed by atoms with Crippen LogP contribution in [0.3, 0.4) is 0 Å². The maximum atomic E-state index is 13.0. The van der Waals surface area contributed by atoms with Crippen molar-refractivity contribution in [3.05, 3.63) is 76.0 Å². The highest BCUT2D eigenvalue weighted by Gasteiger charge is 2.43. The molecular weight excluding hydrogens is 391 g/mol. The van der Waals surface area contributed by atoms with Crippen molar-refractivity contribution < 1.29 is 22.7 Å². The van der Waals surface area contributed by atoms with Crippen LogP contribution in [0.2, 0.25) is 0 Å². The van der Waals surface area contributed by atoms with Gasteiger partial charge in [-0.1, -0.05) is 12.1 Å². The summed E-state index contributed by atoms with van der Waals surface area (Å²) in [7, 11) is 0. The van der Waals surface area contributed by atoms with Gasteiger partial charge >= 0.3 is 6.18 Å². The van der Waals surface area contributed by atoms with Crippen LogP contribution < -0.4 is 10.1 Å². The van der Waals surface area contributed by atoms with Crippen molar-refractivity contribution >= 4 is 17.2 Å². The second-order valence-corrected chi connectivity index (χ2v) is 7.14. The largest absolute Gasteiger partial charge is 0.491 e. The summed E-state index contributed by atoms with van der Waals surface area (Å²) >= 11 is 1.18. The second-order valence-electron chi connectivity index (χ2n) is 6.25. The minimum Gasteiger partial charge on any atom is -0.491 e. The van der Waals surface area contributed by atoms with Crippen LogP contribution in [-0.2, 0) is 11.7 Å². The lowest BCUT2D eigenvalue weighted by atomic mass is 9.81. The highest BCUT2D eigenvalue weighted by Crippen LogP contribution is 2.41. The van der Waals surface area contributed by atoms with E-state index in [2.05, 4.69) is 15.3 Å². The molecule has 0 aliphatic carbocycles. The number of ether oxygens (including phenoxy) is 1. The average Bonchev–Trinajstić information content (AvgIpc) is 3.23. The number of alkyl halides is 3. The Morgan fingerprint density at radius 1 is 1.21 bits per heavy atom. The Morgan fingerprint density at radius 2 is 2.00 bits per heavy atom. The summed E-state index contributed by atoms with van der Waals surface area (Å²) < 4.78 is 44.6. The van der Waals surface area contributed by atoms with Crippen molar-refractivity contribution in [2.24, 2.45) is 0 Å². The van der Waals surface area contributed by atoms with Gasteiger partial charge in [-0.25, -0.2) is 0 Å². The predicted octanol–water partition coefficient (Wildman–Crippen LogP) is 4.01. The number of amides is 1. The van der Waals surface area contributed by atoms with E-state index in [1.807, 2.05) is 0 Å². The molecule has 1 atom stereocenters. The van der Waals surface area contributed by atoms with Gasteiger partial charge in [0.2, 0.25) is 0 Å². The third-order valence-electron chi connectivity index (χ3n) is 4.60. The number of carbonyl (C=O) groups is 1. The molecular formula is C19H14F3N3O2S. The lowest BCUT2D eigenvalue weighted by molar-refractivity contribution is -0.137. The first kappa shape index (κ1) is 18.4. The molecule has 1 aromatic carbocycles. The molecule has 0 spiro atoms. The van der Waals surface area contributed by atoms with Crippen molar-refractivity contribution in [1.29, 1.82) is 0 Å². The molecule has 3 heterocycles. The second kappa shape index (κ2) is 6.90. The van der Waals surface area contributed by atoms with Crippen LogP contribution in [-0.4, -0.2) is 22.5 Å². The maximum absolute atomic E-state index is 13.0. The van der Waals surface area contributed by atoms with Crippen LogP contribution in [0.5, 0.6) is 5.75 Å². The molecule has 1 unspecified atom stereocenters. The number of nitrogens with one attached hydrogen (secondary N) is 1. The highest BCUT2D eigenvalue weighted by atomic mass is 32.1. The van der Waals surface area contributed by atoms with E-state index in [1.54, 1.807) is 18.3 Å². The summed E-state index contributed by atoms with van der Waals surface area (Å²) in [5.74, 6) is 0.110. The van der Waals surface area contributed by atoms with Gasteiger partial charge in [0.05, 0.1) is 23.9 Å². The molecule has 4 rings (SSSR count). The van der Waals surface area contributed by atoms with Crippen LogP contribution in [0.25, 0.3) is 0 Å². The number of fused-ring (bicyclic) bond motifs is 1. The molecule has 1 aliphatic rings. The van der Waals surface area contributed by atoms with Crippen LogP contribution >= 0.6 is 11.3 Å². The molecule has 0 saturated carbocycles. The third-order valence-corrected chi connectivity index (χ3v) is 5.37. The zero-order valence-electron chi connectivity index (χ0n) is 14.4. The Morgan fingerprint density at radius 3 is 2.68 bits per heavy atom. The number of thiazole rings is 1. The Balaban J connectivity index is 1.82. The number of aromatic nitrogens is 2. The van der Waals surface area contributed by atoms with Gasteiger partial charge in [-0.05, 0) is 29.8 Å². The number of carbonyl (C=O) groups excluding carboxylic acids is 1. The standard InChI is InChI=1S/C19H14F3N3O2S/c20-19(21,22)13-5-3-12(4-6-13)18(25-17(26)15-10-23-11-28-15)7-9-27-14-2-1-8-24-16(14)18/h1-6,8,10-11H,7,9H2,(H,25,26). The van der Waals surface area contributed by atoms with E-state index in [0.717, 1.165) is 12.1 Å². The fourth-order valence-electron chi connectivity index (χ4n) is 3.26. The van der Waals surface area contributed by atoms with Crippen LogP contribution in [0.4, 0.5) is 13.2 Å². The summed E-state index contributed by atoms with van der Waals surface area (Å²) in [4.78, 5) is 21.5. The minimum absolute atomic E-state index is 0.280. The Labute approximate surface area is 162 Å². The molecule has 0 saturated heterocycles. The van der Waals surface area contributed by atoms with Gasteiger partial charge in [0.1, 0.15) is 21.9 Å². The van der Waals surface area contributed by atoms with E-state index in [1.165, 1.54) is 35.2 Å². The lowest BCUT2D eigenvalue weighted by Crippen LogP contribution is -2.50. The molecule has 9 heteroatoms. The van der Waals surface area contributed by atoms with E-state index >= 15 is 0 Å². The Hall–Kier alpha value is -2.94. The maximum Gasteiger partial charge on any atom is 0.416 e. The SMILES string of the molecule is O=C(NC1(c2ccc(C(F)(F)F)cc2)CCOc2cccnc21)c1cncs1. The third kappa shape index (κ3) is 3.22. The van der Waals surface area contributed by atoms with Gasteiger partial charge in [0.25, 0.3) is 5.91 Å². The fourth-order valence-corrected chi connectivity index (χ4v) is 3.78. The van der Waals surface area contributed by atoms with E-state index in [0.29, 0.717) is 28.3 Å². The summed E-state index contributed by atoms with van der Waals surface area (Å²) in [6, 6.07) is 8.19. The van der Waals surface area contributed by atoms with Gasteiger partial charge in [-0.3, -0.25) is 14.8 Å². The predicted molar refractivity (Wildman–Crippen MR) is 96.2 cm³/mol. The van der Waals surface area contributed by atoms with Gasteiger partial charge in [-0.2, -0.15) is 13.2 Å². The van der Waals surface area contributed by atoms with Gasteiger partial charge in [-0.15, -0.1) is 11.3 Å². The monoisotopic (exact) mass is 405 g/mol. The van der Waals surface area contributed by atoms with Crippen LogP contribution in [0.1, 0.15) is 32.9 Å². The number of hydrogen-bond donors (Lipinski definition) is 1. The van der Waals surface area contributed by atoms with E-state index < -0.39 is 17.3 Å². The molecule has 1 N–H and O–H groups in total. The molecule has 28 heavy (non-hydrogen) atoms. The first-order valence-corrected chi connectivity index (χ1v) is 9.25. The number of rotatable bonds is 3. The van der Waals surface area contributed by atoms with Crippen molar-refractivity contribution in [1.82, 2.24) is 15.3 Å². The van der Waals surface area contributed by atoms with Crippen molar-refractivity contribution in [3.63, 3.8) is 0 Å². The summed E-state index contributed by atoms with van der Waals surface area (Å²) in [5, 5.41) is 2.97. The van der Waals surface area contributed by atoms with Crippen LogP contribution in [0.15, 0.2) is 54.3 Å². The number of pyridine rings is 1. The van der Waals surface area contributed by atoms with Crippen LogP contribution in [0, 0.1) is 0 Å². The zero-order valence-corrected chi connectivity index (χ0v) is 15.2. The molecule has 3 aromatic rings. The molecule has 5 nitrogen and oxygen atoms in total. The van der Waals surface area contributed by atoms with E-state index in [4.69, 9.17) is 4.74 Å². The molecule has 0 radical (unpaired) electrons. The Kier molecular flexibility index (Phi) is 4.54. The topological polar surface area (TPSA) is 64.1 Å². The Bertz CT molecular complexity index is 990. The van der Waals surface area contributed by atoms with Crippen molar-refractivity contribution in [2.75, 3.05) is 6.61 Å². The number of benzene rings is 1. The van der Waals surface area contributed by atoms with Crippen molar-refractivity contribution in [2.45, 2.75) is 18.1 Å². The average molecular weight is 405 g/mol. The summed E-state index contributed by atoms with van der Waals surface area (Å²) in [6.45, 7) is 0.280. The quantitative estimate of drug-likeness (QED) is 0.715. The molecule has 144 valence electrons. The molecule has 0 fully saturated rings. The number of halogens is 3. The summed E-state index contributed by atoms with van der Waals surface area (Å²) in [6.07, 6.45) is -1.11. The van der Waals surface area contributed by atoms with Crippen molar-refractivity contribution in [3.8, 4) is 5.75 Å². The van der Waals surface area contributed by atoms with Gasteiger partial charge in [0, 0.05) is 12.6 Å². The molecule has 1 aliphatic heterocycles. The molecule has 2 aromatic heterocycles. The lowest BCUT2D eigenvalue weighted by Gasteiger charge is -2.39. The summed E-state index contributed by atoms with van der Waals surface area (Å²) in [5.41, 5.74) is 0.629. The zero-order chi connectivity index (χ0) is 19.8. The highest BCUT2D eigenvalue weighted by molar-refractivity contribution is 7.11. The van der Waals surface area contributed by atoms with E-state index in [9.17, 15) is 18.0 Å². The smallest absolute Gasteiger partial charge is 0.416 e. The first-order valence-electron chi connectivity index (χ1n) is 8.37. The fraction of sp³-hybridized carbons (Fsp3) is 0.211. The minimum atomic E-state index is -4.44. The van der Waals surface area contributed by atoms with Gasteiger partial charge in [0.15, 0.2) is 0 Å². The normalized spacial score (nSPS) is 18.8. The van der Waals surface area contributed by atoms with E-state index in [-0.39, 0.29) is 12.5 Å². The number of hydrogen-bond acceptors (Lipinski definition) is 5. The number of nitrogens with zero attached hydrogens (tertiary/aromatic N) is 2. The molecule has 0 bridgehead atoms. The first-order chi connectivity index (χ1) is 13.4.